The highest BCUT2D eigenvalue weighted by Crippen LogP contribution is 2.21. The van der Waals surface area contributed by atoms with Gasteiger partial charge in [-0.1, -0.05) is 30.1 Å². The Bertz CT molecular complexity index is 345. The number of hydrogen-bond donors (Lipinski definition) is 1. The van der Waals surface area contributed by atoms with Gasteiger partial charge < -0.3 is 5.11 Å². The average Bonchev–Trinajstić information content (AvgIpc) is 2.08. The number of carboxylic acids is 1. The van der Waals surface area contributed by atoms with Crippen LogP contribution in [-0.4, -0.2) is 16.2 Å². The monoisotopic (exact) mass is 233 g/mol. The molecule has 0 bridgehead atoms. The van der Waals surface area contributed by atoms with Crippen molar-refractivity contribution < 1.29 is 9.90 Å². The highest BCUT2D eigenvalue weighted by molar-refractivity contribution is 6.69. The van der Waals surface area contributed by atoms with Crippen LogP contribution in [0.4, 0.5) is 0 Å². The SMILES string of the molecule is CC1C/C=C(Cl)/N=C(Cl)\C=C/1C(=O)O. The lowest BCUT2D eigenvalue weighted by Gasteiger charge is -2.11. The molecule has 1 rings (SSSR count). The molecule has 1 unspecified atom stereocenters. The van der Waals surface area contributed by atoms with E-state index in [1.54, 1.807) is 13.0 Å². The van der Waals surface area contributed by atoms with Gasteiger partial charge in [0.2, 0.25) is 0 Å². The molecule has 0 aromatic heterocycles. The lowest BCUT2D eigenvalue weighted by molar-refractivity contribution is -0.133. The van der Waals surface area contributed by atoms with Crippen molar-refractivity contribution in [1.29, 1.82) is 0 Å². The van der Waals surface area contributed by atoms with E-state index in [1.807, 2.05) is 0 Å². The van der Waals surface area contributed by atoms with Gasteiger partial charge in [-0.05, 0) is 24.5 Å². The quantitative estimate of drug-likeness (QED) is 0.709. The van der Waals surface area contributed by atoms with E-state index in [-0.39, 0.29) is 16.7 Å². The van der Waals surface area contributed by atoms with Gasteiger partial charge >= 0.3 is 5.97 Å². The molecule has 0 radical (unpaired) electrons. The number of allylic oxidation sites excluding steroid dienone is 2. The Morgan fingerprint density at radius 1 is 1.64 bits per heavy atom. The van der Waals surface area contributed by atoms with Crippen LogP contribution in [0.15, 0.2) is 27.9 Å². The molecule has 0 saturated heterocycles. The van der Waals surface area contributed by atoms with Gasteiger partial charge in [0.1, 0.15) is 10.3 Å². The predicted octanol–water partition coefficient (Wildman–Crippen LogP) is 2.75. The second kappa shape index (κ2) is 4.62. The van der Waals surface area contributed by atoms with Gasteiger partial charge in [-0.2, -0.15) is 0 Å². The summed E-state index contributed by atoms with van der Waals surface area (Å²) in [5.74, 6) is -1.09. The second-order valence-corrected chi connectivity index (χ2v) is 3.78. The summed E-state index contributed by atoms with van der Waals surface area (Å²) in [6.45, 7) is 1.80. The van der Waals surface area contributed by atoms with Crippen LogP contribution in [0.1, 0.15) is 13.3 Å². The van der Waals surface area contributed by atoms with Crippen molar-refractivity contribution in [2.24, 2.45) is 10.9 Å². The zero-order valence-corrected chi connectivity index (χ0v) is 9.01. The van der Waals surface area contributed by atoms with Crippen LogP contribution in [0.3, 0.4) is 0 Å². The molecular formula is C9H9Cl2NO2. The van der Waals surface area contributed by atoms with Crippen LogP contribution in [0.25, 0.3) is 0 Å². The van der Waals surface area contributed by atoms with Gasteiger partial charge in [-0.25, -0.2) is 9.79 Å². The largest absolute Gasteiger partial charge is 0.478 e. The Balaban J connectivity index is 3.09. The number of rotatable bonds is 1. The molecule has 0 spiro atoms. The highest BCUT2D eigenvalue weighted by Gasteiger charge is 2.17. The fourth-order valence-corrected chi connectivity index (χ4v) is 1.56. The minimum Gasteiger partial charge on any atom is -0.478 e. The molecule has 76 valence electrons. The summed E-state index contributed by atoms with van der Waals surface area (Å²) in [4.78, 5) is 14.6. The zero-order chi connectivity index (χ0) is 10.7. The van der Waals surface area contributed by atoms with Crippen molar-refractivity contribution in [2.75, 3.05) is 0 Å². The minimum atomic E-state index is -0.975. The Labute approximate surface area is 91.7 Å². The predicted molar refractivity (Wildman–Crippen MR) is 56.7 cm³/mol. The second-order valence-electron chi connectivity index (χ2n) is 3.00. The molecule has 1 heterocycles. The molecule has 1 aliphatic rings. The Morgan fingerprint density at radius 2 is 2.29 bits per heavy atom. The molecule has 14 heavy (non-hydrogen) atoms. The Kier molecular flexibility index (Phi) is 3.72. The first-order valence-corrected chi connectivity index (χ1v) is 4.81. The zero-order valence-electron chi connectivity index (χ0n) is 7.50. The maximum absolute atomic E-state index is 10.8. The molecule has 0 aromatic rings. The van der Waals surface area contributed by atoms with Crippen LogP contribution in [0.2, 0.25) is 0 Å². The number of hydrogen-bond acceptors (Lipinski definition) is 2. The van der Waals surface area contributed by atoms with Crippen molar-refractivity contribution >= 4 is 34.3 Å². The summed E-state index contributed by atoms with van der Waals surface area (Å²) in [6.07, 6.45) is 3.54. The third-order valence-electron chi connectivity index (χ3n) is 1.91. The first-order chi connectivity index (χ1) is 6.50. The van der Waals surface area contributed by atoms with Crippen LogP contribution < -0.4 is 0 Å². The van der Waals surface area contributed by atoms with Crippen molar-refractivity contribution in [3.05, 3.63) is 22.9 Å². The molecule has 1 aliphatic heterocycles. The molecule has 1 atom stereocenters. The van der Waals surface area contributed by atoms with Gasteiger partial charge in [0.25, 0.3) is 0 Å². The average molecular weight is 234 g/mol. The van der Waals surface area contributed by atoms with Crippen molar-refractivity contribution in [3.63, 3.8) is 0 Å². The fraction of sp³-hybridized carbons (Fsp3) is 0.333. The Morgan fingerprint density at radius 3 is 2.86 bits per heavy atom. The smallest absolute Gasteiger partial charge is 0.331 e. The number of nitrogens with zero attached hydrogens (tertiary/aromatic N) is 1. The topological polar surface area (TPSA) is 49.7 Å². The third kappa shape index (κ3) is 2.86. The van der Waals surface area contributed by atoms with Crippen LogP contribution in [0.5, 0.6) is 0 Å². The van der Waals surface area contributed by atoms with Gasteiger partial charge in [0, 0.05) is 5.57 Å². The van der Waals surface area contributed by atoms with Crippen molar-refractivity contribution in [1.82, 2.24) is 0 Å². The maximum Gasteiger partial charge on any atom is 0.331 e. The molecule has 0 saturated carbocycles. The third-order valence-corrected chi connectivity index (χ3v) is 2.34. The molecule has 0 aliphatic carbocycles. The normalized spacial score (nSPS) is 33.9. The van der Waals surface area contributed by atoms with E-state index in [2.05, 4.69) is 4.99 Å². The lowest BCUT2D eigenvalue weighted by atomic mass is 9.97. The molecule has 5 heteroatoms. The van der Waals surface area contributed by atoms with E-state index < -0.39 is 5.97 Å². The summed E-state index contributed by atoms with van der Waals surface area (Å²) in [6, 6.07) is 0. The highest BCUT2D eigenvalue weighted by atomic mass is 35.5. The number of carbonyl (C=O) groups is 1. The van der Waals surface area contributed by atoms with E-state index in [0.29, 0.717) is 11.6 Å². The molecule has 1 N–H and O–H groups in total. The van der Waals surface area contributed by atoms with E-state index in [1.165, 1.54) is 6.08 Å². The van der Waals surface area contributed by atoms with Crippen molar-refractivity contribution in [2.45, 2.75) is 13.3 Å². The summed E-state index contributed by atoms with van der Waals surface area (Å²) in [7, 11) is 0. The van der Waals surface area contributed by atoms with Crippen molar-refractivity contribution in [3.8, 4) is 0 Å². The summed E-state index contributed by atoms with van der Waals surface area (Å²) < 4.78 is 0. The van der Waals surface area contributed by atoms with Crippen LogP contribution in [-0.2, 0) is 4.79 Å². The summed E-state index contributed by atoms with van der Waals surface area (Å²) in [5.41, 5.74) is 0.249. The van der Waals surface area contributed by atoms with E-state index >= 15 is 0 Å². The van der Waals surface area contributed by atoms with Crippen LogP contribution in [0, 0.1) is 5.92 Å². The number of aliphatic imine (C=N–C) groups is 1. The van der Waals surface area contributed by atoms with E-state index in [0.717, 1.165) is 0 Å². The first kappa shape index (κ1) is 11.3. The van der Waals surface area contributed by atoms with E-state index in [4.69, 9.17) is 28.3 Å². The fourth-order valence-electron chi connectivity index (χ4n) is 1.12. The number of aliphatic carboxylic acids is 1. The lowest BCUT2D eigenvalue weighted by Crippen LogP contribution is -2.11. The van der Waals surface area contributed by atoms with E-state index in [9.17, 15) is 4.79 Å². The summed E-state index contributed by atoms with van der Waals surface area (Å²) >= 11 is 11.4. The molecule has 0 amide bonds. The van der Waals surface area contributed by atoms with Gasteiger partial charge in [0.05, 0.1) is 0 Å². The standard InChI is InChI=1S/C9H9Cl2NO2/c1-5-2-3-7(10)12-8(11)4-6(5)9(13)14/h3-5H,2H2,1H3,(H,13,14)/b6-4+,7-3+,12-8+. The van der Waals surface area contributed by atoms with Gasteiger partial charge in [-0.15, -0.1) is 0 Å². The number of carboxylic acid groups (broad SMARTS) is 1. The molecule has 3 nitrogen and oxygen atoms in total. The maximum atomic E-state index is 10.8. The molecular weight excluding hydrogens is 225 g/mol. The van der Waals surface area contributed by atoms with Gasteiger partial charge in [-0.3, -0.25) is 0 Å². The van der Waals surface area contributed by atoms with Crippen LogP contribution >= 0.6 is 23.2 Å². The summed E-state index contributed by atoms with van der Waals surface area (Å²) in [5, 5.41) is 9.26. The molecule has 0 fully saturated rings. The first-order valence-electron chi connectivity index (χ1n) is 4.05. The Hall–Kier alpha value is -0.800. The molecule has 0 aromatic carbocycles. The minimum absolute atomic E-state index is 0.0928. The number of halogens is 2. The van der Waals surface area contributed by atoms with Gasteiger partial charge in [0.15, 0.2) is 0 Å².